The summed E-state index contributed by atoms with van der Waals surface area (Å²) in [5.41, 5.74) is -1.27. The van der Waals surface area contributed by atoms with Crippen LogP contribution in [0.15, 0.2) is 12.1 Å². The van der Waals surface area contributed by atoms with Gasteiger partial charge in [0, 0.05) is 25.2 Å². The molecule has 1 fully saturated rings. The summed E-state index contributed by atoms with van der Waals surface area (Å²) in [5, 5.41) is 15.6. The van der Waals surface area contributed by atoms with Gasteiger partial charge in [-0.2, -0.15) is 4.39 Å². The number of nitro benzene ring substituents is 1. The van der Waals surface area contributed by atoms with Gasteiger partial charge in [-0.25, -0.2) is 4.39 Å². The number of nitro groups is 1. The van der Waals surface area contributed by atoms with Crippen molar-refractivity contribution in [3.8, 4) is 0 Å². The van der Waals surface area contributed by atoms with Crippen molar-refractivity contribution in [2.24, 2.45) is 5.92 Å². The standard InChI is InChI=1S/C10H9F2N3O3/c11-6-1-7(12)9(15(17)18)2-8(6)14-10(16)5-3-13-4-5/h1-2,5,13H,3-4H2,(H,14,16). The monoisotopic (exact) mass is 257 g/mol. The van der Waals surface area contributed by atoms with Gasteiger partial charge in [-0.3, -0.25) is 14.9 Å². The number of anilines is 1. The fourth-order valence-electron chi connectivity index (χ4n) is 1.48. The lowest BCUT2D eigenvalue weighted by Gasteiger charge is -2.25. The number of nitrogens with zero attached hydrogens (tertiary/aromatic N) is 1. The normalized spacial score (nSPS) is 15.0. The summed E-state index contributed by atoms with van der Waals surface area (Å²) in [6, 6.07) is 1.06. The van der Waals surface area contributed by atoms with E-state index in [0.717, 1.165) is 0 Å². The van der Waals surface area contributed by atoms with E-state index in [1.165, 1.54) is 0 Å². The maximum Gasteiger partial charge on any atom is 0.307 e. The third-order valence-electron chi connectivity index (χ3n) is 2.64. The highest BCUT2D eigenvalue weighted by Gasteiger charge is 2.26. The maximum absolute atomic E-state index is 13.3. The molecular weight excluding hydrogens is 248 g/mol. The first-order valence-corrected chi connectivity index (χ1v) is 5.14. The summed E-state index contributed by atoms with van der Waals surface area (Å²) >= 11 is 0. The van der Waals surface area contributed by atoms with Crippen LogP contribution < -0.4 is 10.6 Å². The molecule has 0 atom stereocenters. The van der Waals surface area contributed by atoms with Crippen molar-refractivity contribution in [2.45, 2.75) is 0 Å². The zero-order valence-electron chi connectivity index (χ0n) is 9.07. The fraction of sp³-hybridized carbons (Fsp3) is 0.300. The first-order valence-electron chi connectivity index (χ1n) is 5.14. The Hall–Kier alpha value is -2.09. The number of halogens is 2. The number of hydrogen-bond acceptors (Lipinski definition) is 4. The molecule has 1 saturated heterocycles. The molecule has 2 N–H and O–H groups in total. The van der Waals surface area contributed by atoms with Gasteiger partial charge in [-0.05, 0) is 0 Å². The van der Waals surface area contributed by atoms with Crippen LogP contribution >= 0.6 is 0 Å². The molecule has 0 bridgehead atoms. The van der Waals surface area contributed by atoms with E-state index in [1.807, 2.05) is 0 Å². The SMILES string of the molecule is O=C(Nc1cc([N+](=O)[O-])c(F)cc1F)C1CNC1. The topological polar surface area (TPSA) is 84.3 Å². The molecule has 18 heavy (non-hydrogen) atoms. The Balaban J connectivity index is 2.23. The highest BCUT2D eigenvalue weighted by Crippen LogP contribution is 2.25. The first kappa shape index (κ1) is 12.4. The van der Waals surface area contributed by atoms with Gasteiger partial charge >= 0.3 is 5.69 Å². The number of carbonyl (C=O) groups excluding carboxylic acids is 1. The second kappa shape index (κ2) is 4.65. The van der Waals surface area contributed by atoms with Gasteiger partial charge in [-0.15, -0.1) is 0 Å². The second-order valence-electron chi connectivity index (χ2n) is 3.88. The molecule has 1 aromatic rings. The average Bonchev–Trinajstić information content (AvgIpc) is 2.18. The molecule has 2 rings (SSSR count). The van der Waals surface area contributed by atoms with Gasteiger partial charge < -0.3 is 10.6 Å². The number of hydrogen-bond donors (Lipinski definition) is 2. The number of rotatable bonds is 3. The molecule has 96 valence electrons. The largest absolute Gasteiger partial charge is 0.323 e. The minimum Gasteiger partial charge on any atom is -0.323 e. The third kappa shape index (κ3) is 2.28. The lowest BCUT2D eigenvalue weighted by atomic mass is 10.0. The van der Waals surface area contributed by atoms with Crippen molar-refractivity contribution in [1.82, 2.24) is 5.32 Å². The van der Waals surface area contributed by atoms with E-state index in [2.05, 4.69) is 10.6 Å². The van der Waals surface area contributed by atoms with Gasteiger partial charge in [0.15, 0.2) is 0 Å². The zero-order chi connectivity index (χ0) is 13.3. The van der Waals surface area contributed by atoms with Crippen molar-refractivity contribution in [2.75, 3.05) is 18.4 Å². The van der Waals surface area contributed by atoms with Crippen molar-refractivity contribution in [3.05, 3.63) is 33.9 Å². The van der Waals surface area contributed by atoms with E-state index in [-0.39, 0.29) is 11.6 Å². The van der Waals surface area contributed by atoms with E-state index in [0.29, 0.717) is 25.2 Å². The van der Waals surface area contributed by atoms with Crippen LogP contribution in [0.4, 0.5) is 20.2 Å². The van der Waals surface area contributed by atoms with E-state index < -0.39 is 28.2 Å². The van der Waals surface area contributed by atoms with Crippen LogP contribution in [-0.4, -0.2) is 23.9 Å². The minimum absolute atomic E-state index is 0.298. The Morgan fingerprint density at radius 3 is 2.56 bits per heavy atom. The molecule has 1 aliphatic rings. The highest BCUT2D eigenvalue weighted by molar-refractivity contribution is 5.93. The number of amides is 1. The van der Waals surface area contributed by atoms with E-state index in [1.54, 1.807) is 0 Å². The molecule has 0 radical (unpaired) electrons. The van der Waals surface area contributed by atoms with E-state index in [9.17, 15) is 23.7 Å². The summed E-state index contributed by atoms with van der Waals surface area (Å²) in [6.45, 7) is 0.938. The quantitative estimate of drug-likeness (QED) is 0.625. The van der Waals surface area contributed by atoms with Crippen molar-refractivity contribution >= 4 is 17.3 Å². The first-order chi connectivity index (χ1) is 8.49. The second-order valence-corrected chi connectivity index (χ2v) is 3.88. The predicted molar refractivity (Wildman–Crippen MR) is 58.0 cm³/mol. The zero-order valence-corrected chi connectivity index (χ0v) is 9.07. The molecule has 1 amide bonds. The molecule has 0 unspecified atom stereocenters. The molecule has 1 heterocycles. The van der Waals surface area contributed by atoms with Crippen LogP contribution in [0.1, 0.15) is 0 Å². The highest BCUT2D eigenvalue weighted by atomic mass is 19.1. The van der Waals surface area contributed by atoms with E-state index >= 15 is 0 Å². The van der Waals surface area contributed by atoms with Crippen LogP contribution in [0.5, 0.6) is 0 Å². The fourth-order valence-corrected chi connectivity index (χ4v) is 1.48. The van der Waals surface area contributed by atoms with Crippen LogP contribution in [-0.2, 0) is 4.79 Å². The molecule has 1 aromatic carbocycles. The van der Waals surface area contributed by atoms with Gasteiger partial charge in [0.1, 0.15) is 5.82 Å². The molecule has 0 saturated carbocycles. The summed E-state index contributed by atoms with van der Waals surface area (Å²) in [6.07, 6.45) is 0. The van der Waals surface area contributed by atoms with Gasteiger partial charge in [0.25, 0.3) is 0 Å². The average molecular weight is 257 g/mol. The van der Waals surface area contributed by atoms with Crippen molar-refractivity contribution in [1.29, 1.82) is 0 Å². The third-order valence-corrected chi connectivity index (χ3v) is 2.64. The van der Waals surface area contributed by atoms with Crippen LogP contribution in [0.25, 0.3) is 0 Å². The summed E-state index contributed by atoms with van der Waals surface area (Å²) < 4.78 is 26.4. The van der Waals surface area contributed by atoms with Gasteiger partial charge in [0.2, 0.25) is 11.7 Å². The van der Waals surface area contributed by atoms with Gasteiger partial charge in [0.05, 0.1) is 16.5 Å². The van der Waals surface area contributed by atoms with E-state index in [4.69, 9.17) is 0 Å². The Labute approximate surface area is 100 Å². The predicted octanol–water partition coefficient (Wildman–Crippen LogP) is 1.03. The molecule has 0 aromatic heterocycles. The Morgan fingerprint density at radius 1 is 1.39 bits per heavy atom. The summed E-state index contributed by atoms with van der Waals surface area (Å²) in [5.74, 6) is -3.07. The Kier molecular flexibility index (Phi) is 3.19. The van der Waals surface area contributed by atoms with Crippen LogP contribution in [0.2, 0.25) is 0 Å². The summed E-state index contributed by atoms with van der Waals surface area (Å²) in [7, 11) is 0. The van der Waals surface area contributed by atoms with Crippen molar-refractivity contribution in [3.63, 3.8) is 0 Å². The molecule has 0 aliphatic carbocycles. The molecule has 0 spiro atoms. The molecule has 1 aliphatic heterocycles. The van der Waals surface area contributed by atoms with Gasteiger partial charge in [-0.1, -0.05) is 0 Å². The van der Waals surface area contributed by atoms with Crippen LogP contribution in [0.3, 0.4) is 0 Å². The maximum atomic E-state index is 13.3. The molecule has 8 heteroatoms. The lowest BCUT2D eigenvalue weighted by Crippen LogP contribution is -2.48. The minimum atomic E-state index is -1.28. The number of nitrogens with one attached hydrogen (secondary N) is 2. The Morgan fingerprint density at radius 2 is 2.06 bits per heavy atom. The smallest absolute Gasteiger partial charge is 0.307 e. The molecule has 6 nitrogen and oxygen atoms in total. The summed E-state index contributed by atoms with van der Waals surface area (Å²) in [4.78, 5) is 21.0. The Bertz CT molecular complexity index is 517. The lowest BCUT2D eigenvalue weighted by molar-refractivity contribution is -0.387. The van der Waals surface area contributed by atoms with Crippen LogP contribution in [0, 0.1) is 27.7 Å². The number of carbonyl (C=O) groups is 1. The molecular formula is C10H9F2N3O3. The van der Waals surface area contributed by atoms with Crippen molar-refractivity contribution < 1.29 is 18.5 Å². The number of benzene rings is 1.